The second-order valence-corrected chi connectivity index (χ2v) is 11.3. The fourth-order valence-corrected chi connectivity index (χ4v) is 5.93. The quantitative estimate of drug-likeness (QED) is 0.157. The maximum Gasteiger partial charge on any atom is 0.361 e. The molecule has 0 aliphatic carbocycles. The molecular weight excluding hydrogens is 513 g/mol. The summed E-state index contributed by atoms with van der Waals surface area (Å²) in [6, 6.07) is 22.5. The van der Waals surface area contributed by atoms with Crippen molar-refractivity contribution in [2.45, 2.75) is 20.3 Å². The zero-order valence-electron chi connectivity index (χ0n) is 22.9. The third-order valence-corrected chi connectivity index (χ3v) is 8.22. The average Bonchev–Trinajstić information content (AvgIpc) is 3.26. The largest absolute Gasteiger partial charge is 0.494 e. The molecule has 0 radical (unpaired) electrons. The van der Waals surface area contributed by atoms with E-state index in [0.717, 1.165) is 30.0 Å². The van der Waals surface area contributed by atoms with Crippen LogP contribution in [-0.2, 0) is 18.4 Å². The number of benzene rings is 3. The molecule has 1 amide bonds. The van der Waals surface area contributed by atoms with Crippen LogP contribution in [0, 0.1) is 0 Å². The summed E-state index contributed by atoms with van der Waals surface area (Å²) in [5, 5.41) is 6.80. The smallest absolute Gasteiger partial charge is 0.361 e. The molecule has 0 fully saturated rings. The van der Waals surface area contributed by atoms with Gasteiger partial charge < -0.3 is 29.3 Å². The van der Waals surface area contributed by atoms with Gasteiger partial charge in [0.1, 0.15) is 5.75 Å². The first kappa shape index (κ1) is 28.6. The third kappa shape index (κ3) is 6.97. The molecule has 0 aromatic heterocycles. The van der Waals surface area contributed by atoms with Gasteiger partial charge in [-0.3, -0.25) is 9.36 Å². The van der Waals surface area contributed by atoms with E-state index in [4.69, 9.17) is 13.8 Å². The topological polar surface area (TPSA) is 89.1 Å². The van der Waals surface area contributed by atoms with Gasteiger partial charge in [-0.25, -0.2) is 0 Å². The Morgan fingerprint density at radius 1 is 0.949 bits per heavy atom. The highest BCUT2D eigenvalue weighted by atomic mass is 31.2. The number of hydrogen-bond donors (Lipinski definition) is 2. The van der Waals surface area contributed by atoms with Crippen molar-refractivity contribution in [2.24, 2.45) is 0 Å². The molecule has 9 heteroatoms. The predicted octanol–water partition coefficient (Wildman–Crippen LogP) is 5.84. The van der Waals surface area contributed by atoms with Crippen molar-refractivity contribution in [3.05, 3.63) is 83.9 Å². The molecule has 0 bridgehead atoms. The van der Waals surface area contributed by atoms with E-state index in [1.54, 1.807) is 32.0 Å². The zero-order chi connectivity index (χ0) is 27.8. The summed E-state index contributed by atoms with van der Waals surface area (Å²) in [7, 11) is 0.542. The fraction of sp³-hybridized carbons (Fsp3) is 0.300. The van der Waals surface area contributed by atoms with Crippen molar-refractivity contribution in [3.8, 4) is 5.75 Å². The minimum absolute atomic E-state index is 0.237. The Morgan fingerprint density at radius 3 is 2.28 bits per heavy atom. The van der Waals surface area contributed by atoms with E-state index in [2.05, 4.69) is 15.5 Å². The molecule has 3 aromatic carbocycles. The number of hydrogen-bond acceptors (Lipinski definition) is 7. The van der Waals surface area contributed by atoms with Crippen molar-refractivity contribution < 1.29 is 23.1 Å². The second kappa shape index (κ2) is 13.1. The Bertz CT molecular complexity index is 1350. The molecule has 39 heavy (non-hydrogen) atoms. The van der Waals surface area contributed by atoms with Crippen molar-refractivity contribution in [2.75, 3.05) is 51.1 Å². The minimum atomic E-state index is -3.54. The lowest BCUT2D eigenvalue weighted by Crippen LogP contribution is -2.15. The van der Waals surface area contributed by atoms with Gasteiger partial charge >= 0.3 is 7.60 Å². The Labute approximate surface area is 230 Å². The number of amides is 1. The number of nitrogens with one attached hydrogen (secondary N) is 2. The SMILES string of the molecule is CCOP(=O)(OCC)c1ccc2c(c1)C(=C(Nc1ccc(OCCCN(C)C)cc1)c1ccccc1)C(=O)N2. The average molecular weight is 550 g/mol. The van der Waals surface area contributed by atoms with Crippen LogP contribution < -0.4 is 20.7 Å². The highest BCUT2D eigenvalue weighted by Crippen LogP contribution is 2.48. The highest BCUT2D eigenvalue weighted by Gasteiger charge is 2.33. The number of carbonyl (C=O) groups excluding carboxylic acids is 1. The molecule has 3 aromatic rings. The molecule has 0 saturated carbocycles. The molecule has 8 nitrogen and oxygen atoms in total. The van der Waals surface area contributed by atoms with Gasteiger partial charge in [0.15, 0.2) is 0 Å². The molecular formula is C30H36N3O5P. The molecule has 4 rings (SSSR count). The van der Waals surface area contributed by atoms with Gasteiger partial charge in [-0.15, -0.1) is 0 Å². The molecule has 206 valence electrons. The standard InChI is InChI=1S/C30H36N3O5P/c1-5-37-39(35,38-6-2)25-17-18-27-26(21-25)28(30(34)32-27)29(22-11-8-7-9-12-22)31-23-13-15-24(16-14-23)36-20-10-19-33(3)4/h7-9,11-18,21,31H,5-6,10,19-20H2,1-4H3,(H,32,34). The summed E-state index contributed by atoms with van der Waals surface area (Å²) in [5.74, 6) is 0.529. The van der Waals surface area contributed by atoms with Gasteiger partial charge in [-0.05, 0) is 82.4 Å². The normalized spacial score (nSPS) is 14.2. The third-order valence-electron chi connectivity index (χ3n) is 6.12. The lowest BCUT2D eigenvalue weighted by molar-refractivity contribution is -0.110. The second-order valence-electron chi connectivity index (χ2n) is 9.29. The van der Waals surface area contributed by atoms with Gasteiger partial charge in [0.25, 0.3) is 5.91 Å². The van der Waals surface area contributed by atoms with E-state index in [-0.39, 0.29) is 19.1 Å². The summed E-state index contributed by atoms with van der Waals surface area (Å²) in [6.45, 7) is 5.61. The number of carbonyl (C=O) groups is 1. The van der Waals surface area contributed by atoms with Gasteiger partial charge in [0, 0.05) is 23.5 Å². The molecule has 0 saturated heterocycles. The fourth-order valence-electron chi connectivity index (χ4n) is 4.33. The van der Waals surface area contributed by atoms with Crippen molar-refractivity contribution in [3.63, 3.8) is 0 Å². The first-order chi connectivity index (χ1) is 18.8. The number of rotatable bonds is 13. The van der Waals surface area contributed by atoms with Crippen LogP contribution in [0.4, 0.5) is 11.4 Å². The maximum absolute atomic E-state index is 13.5. The summed E-state index contributed by atoms with van der Waals surface area (Å²) in [5.41, 5.74) is 3.98. The summed E-state index contributed by atoms with van der Waals surface area (Å²) in [6.07, 6.45) is 0.938. The van der Waals surface area contributed by atoms with E-state index in [0.29, 0.717) is 34.4 Å². The number of fused-ring (bicyclic) bond motifs is 1. The molecule has 1 aliphatic heterocycles. The van der Waals surface area contributed by atoms with Crippen LogP contribution in [0.1, 0.15) is 31.4 Å². The first-order valence-corrected chi connectivity index (χ1v) is 14.7. The molecule has 1 aliphatic rings. The van der Waals surface area contributed by atoms with Crippen molar-refractivity contribution in [1.82, 2.24) is 4.90 Å². The molecule has 0 atom stereocenters. The van der Waals surface area contributed by atoms with Crippen molar-refractivity contribution in [1.29, 1.82) is 0 Å². The van der Waals surface area contributed by atoms with Crippen molar-refractivity contribution >= 4 is 41.5 Å². The Hall–Kier alpha value is -3.42. The molecule has 2 N–H and O–H groups in total. The number of nitrogens with zero attached hydrogens (tertiary/aromatic N) is 1. The first-order valence-electron chi connectivity index (χ1n) is 13.1. The van der Waals surface area contributed by atoms with E-state index in [9.17, 15) is 9.36 Å². The minimum Gasteiger partial charge on any atom is -0.494 e. The lowest BCUT2D eigenvalue weighted by atomic mass is 10.00. The van der Waals surface area contributed by atoms with Crippen LogP contribution in [0.3, 0.4) is 0 Å². The summed E-state index contributed by atoms with van der Waals surface area (Å²) >= 11 is 0. The van der Waals surface area contributed by atoms with Crippen LogP contribution in [0.15, 0.2) is 72.8 Å². The maximum atomic E-state index is 13.5. The molecule has 0 unspecified atom stereocenters. The highest BCUT2D eigenvalue weighted by molar-refractivity contribution is 7.62. The zero-order valence-corrected chi connectivity index (χ0v) is 23.8. The van der Waals surface area contributed by atoms with Crippen LogP contribution in [0.25, 0.3) is 11.3 Å². The lowest BCUT2D eigenvalue weighted by Gasteiger charge is -2.18. The van der Waals surface area contributed by atoms with Crippen LogP contribution in [0.5, 0.6) is 5.75 Å². The Kier molecular flexibility index (Phi) is 9.59. The van der Waals surface area contributed by atoms with E-state index in [1.807, 2.05) is 68.7 Å². The number of ether oxygens (including phenoxy) is 1. The summed E-state index contributed by atoms with van der Waals surface area (Å²) in [4.78, 5) is 15.5. The van der Waals surface area contributed by atoms with Crippen LogP contribution in [0.2, 0.25) is 0 Å². The predicted molar refractivity (Wildman–Crippen MR) is 158 cm³/mol. The van der Waals surface area contributed by atoms with Gasteiger partial charge in [-0.2, -0.15) is 0 Å². The van der Waals surface area contributed by atoms with E-state index in [1.165, 1.54) is 0 Å². The monoisotopic (exact) mass is 549 g/mol. The van der Waals surface area contributed by atoms with Crippen LogP contribution >= 0.6 is 7.60 Å². The number of anilines is 2. The Morgan fingerprint density at radius 2 is 1.64 bits per heavy atom. The van der Waals surface area contributed by atoms with Crippen LogP contribution in [-0.4, -0.2) is 51.3 Å². The molecule has 0 spiro atoms. The van der Waals surface area contributed by atoms with Gasteiger partial charge in [0.2, 0.25) is 0 Å². The van der Waals surface area contributed by atoms with E-state index < -0.39 is 7.60 Å². The summed E-state index contributed by atoms with van der Waals surface area (Å²) < 4.78 is 30.5. The van der Waals surface area contributed by atoms with Gasteiger partial charge in [-0.1, -0.05) is 30.3 Å². The van der Waals surface area contributed by atoms with E-state index >= 15 is 0 Å². The Balaban J connectivity index is 1.70. The molecule has 1 heterocycles. The van der Waals surface area contributed by atoms with Gasteiger partial charge in [0.05, 0.1) is 36.4 Å².